The fourth-order valence-electron chi connectivity index (χ4n) is 3.93. The molecular weight excluding hydrogens is 438 g/mol. The molecule has 9 heteroatoms. The van der Waals surface area contributed by atoms with Gasteiger partial charge in [0.05, 0.1) is 24.4 Å². The zero-order chi connectivity index (χ0) is 22.9. The van der Waals surface area contributed by atoms with Gasteiger partial charge in [-0.3, -0.25) is 15.0 Å². The summed E-state index contributed by atoms with van der Waals surface area (Å²) in [5.74, 6) is -0.115. The maximum absolute atomic E-state index is 12.7. The van der Waals surface area contributed by atoms with Crippen LogP contribution in [0.1, 0.15) is 15.4 Å². The molecule has 3 heterocycles. The third kappa shape index (κ3) is 3.98. The molecule has 0 radical (unpaired) electrons. The summed E-state index contributed by atoms with van der Waals surface area (Å²) in [5, 5.41) is 24.5. The Morgan fingerprint density at radius 2 is 1.85 bits per heavy atom. The van der Waals surface area contributed by atoms with Crippen molar-refractivity contribution >= 4 is 40.2 Å². The minimum Gasteiger partial charge on any atom is -0.510 e. The molecule has 33 heavy (non-hydrogen) atoms. The number of hydrogen-bond donors (Lipinski definition) is 3. The lowest BCUT2D eigenvalue weighted by Crippen LogP contribution is -2.49. The summed E-state index contributed by atoms with van der Waals surface area (Å²) < 4.78 is 0. The Hall–Kier alpha value is -3.98. The first-order chi connectivity index (χ1) is 16.0. The molecule has 0 aliphatic carbocycles. The highest BCUT2D eigenvalue weighted by Gasteiger charge is 2.31. The number of thiazole rings is 1. The van der Waals surface area contributed by atoms with Gasteiger partial charge in [-0.1, -0.05) is 30.3 Å². The highest BCUT2D eigenvalue weighted by molar-refractivity contribution is 7.11. The molecule has 1 saturated heterocycles. The van der Waals surface area contributed by atoms with E-state index in [1.165, 1.54) is 16.2 Å². The molecule has 0 bridgehead atoms. The Morgan fingerprint density at radius 3 is 2.58 bits per heavy atom. The molecule has 8 nitrogen and oxygen atoms in total. The lowest BCUT2D eigenvalue weighted by atomic mass is 10.1. The van der Waals surface area contributed by atoms with Crippen LogP contribution >= 0.6 is 11.3 Å². The second-order valence-corrected chi connectivity index (χ2v) is 8.64. The number of hydrogen-bond acceptors (Lipinski definition) is 6. The SMILES string of the molecule is N=C1C(c2nc(-c3ccccc3)cs2)=C(O)CN1c1ccc(C(=O)N2CCNC(=O)C2)cc1. The summed E-state index contributed by atoms with van der Waals surface area (Å²) in [6.07, 6.45) is 0. The van der Waals surface area contributed by atoms with Gasteiger partial charge in [0, 0.05) is 35.3 Å². The molecule has 1 aromatic heterocycles. The fourth-order valence-corrected chi connectivity index (χ4v) is 4.83. The molecular formula is C24H21N5O3S. The highest BCUT2D eigenvalue weighted by Crippen LogP contribution is 2.34. The van der Waals surface area contributed by atoms with Crippen molar-refractivity contribution in [1.29, 1.82) is 5.41 Å². The van der Waals surface area contributed by atoms with Gasteiger partial charge >= 0.3 is 0 Å². The first-order valence-corrected chi connectivity index (χ1v) is 11.3. The number of piperazine rings is 1. The summed E-state index contributed by atoms with van der Waals surface area (Å²) in [4.78, 5) is 32.1. The first kappa shape index (κ1) is 20.9. The topological polar surface area (TPSA) is 110 Å². The van der Waals surface area contributed by atoms with Crippen molar-refractivity contribution in [2.45, 2.75) is 0 Å². The molecule has 2 aliphatic heterocycles. The van der Waals surface area contributed by atoms with E-state index in [2.05, 4.69) is 10.3 Å². The van der Waals surface area contributed by atoms with Crippen LogP contribution in [-0.2, 0) is 4.79 Å². The number of aliphatic hydroxyl groups excluding tert-OH is 1. The minimum absolute atomic E-state index is 0.0529. The van der Waals surface area contributed by atoms with Crippen molar-refractivity contribution in [2.75, 3.05) is 31.1 Å². The van der Waals surface area contributed by atoms with Crippen LogP contribution < -0.4 is 10.2 Å². The van der Waals surface area contributed by atoms with Crippen LogP contribution in [0, 0.1) is 5.41 Å². The van der Waals surface area contributed by atoms with Crippen molar-refractivity contribution < 1.29 is 14.7 Å². The van der Waals surface area contributed by atoms with Gasteiger partial charge in [-0.2, -0.15) is 0 Å². The molecule has 1 fully saturated rings. The number of benzene rings is 2. The van der Waals surface area contributed by atoms with E-state index in [1.54, 1.807) is 29.2 Å². The second kappa shape index (κ2) is 8.51. The fraction of sp³-hybridized carbons (Fsp3) is 0.167. The smallest absolute Gasteiger partial charge is 0.254 e. The molecule has 0 spiro atoms. The molecule has 166 valence electrons. The van der Waals surface area contributed by atoms with Crippen LogP contribution in [-0.4, -0.2) is 58.8 Å². The average molecular weight is 460 g/mol. The van der Waals surface area contributed by atoms with Gasteiger partial charge in [0.1, 0.15) is 16.6 Å². The van der Waals surface area contributed by atoms with Crippen molar-refractivity contribution in [3.63, 3.8) is 0 Å². The maximum atomic E-state index is 12.7. The largest absolute Gasteiger partial charge is 0.510 e. The molecule has 3 aromatic rings. The standard InChI is InChI=1S/C24H21N5O3S/c25-22-21(23-27-18(14-33-23)15-4-2-1-3-5-15)19(30)12-29(22)17-8-6-16(7-9-17)24(32)28-11-10-26-20(31)13-28/h1-9,14,25,30H,10-13H2,(H,26,31). The Balaban J connectivity index is 1.33. The Bertz CT molecular complexity index is 1270. The normalized spacial score (nSPS) is 16.4. The van der Waals surface area contributed by atoms with E-state index in [-0.39, 0.29) is 36.5 Å². The van der Waals surface area contributed by atoms with Crippen LogP contribution in [0.5, 0.6) is 0 Å². The number of aliphatic hydroxyl groups is 1. The van der Waals surface area contributed by atoms with Crippen molar-refractivity contribution in [3.8, 4) is 11.3 Å². The zero-order valence-electron chi connectivity index (χ0n) is 17.6. The molecule has 5 rings (SSSR count). The summed E-state index contributed by atoms with van der Waals surface area (Å²) in [6, 6.07) is 16.6. The van der Waals surface area contributed by atoms with Crippen LogP contribution in [0.4, 0.5) is 5.69 Å². The van der Waals surface area contributed by atoms with Crippen LogP contribution in [0.15, 0.2) is 65.7 Å². The number of nitrogens with zero attached hydrogens (tertiary/aromatic N) is 3. The summed E-state index contributed by atoms with van der Waals surface area (Å²) in [6.45, 7) is 1.14. The van der Waals surface area contributed by atoms with E-state index in [4.69, 9.17) is 5.41 Å². The summed E-state index contributed by atoms with van der Waals surface area (Å²) in [5.41, 5.74) is 3.37. The molecule has 0 atom stereocenters. The Kier molecular flexibility index (Phi) is 5.39. The third-order valence-electron chi connectivity index (χ3n) is 5.64. The van der Waals surface area contributed by atoms with Crippen LogP contribution in [0.25, 0.3) is 16.8 Å². The van der Waals surface area contributed by atoms with E-state index in [0.717, 1.165) is 11.3 Å². The van der Waals surface area contributed by atoms with Gasteiger partial charge < -0.3 is 20.2 Å². The number of rotatable bonds is 4. The lowest BCUT2D eigenvalue weighted by molar-refractivity contribution is -0.123. The summed E-state index contributed by atoms with van der Waals surface area (Å²) >= 11 is 1.39. The van der Waals surface area contributed by atoms with Crippen molar-refractivity contribution in [2.24, 2.45) is 0 Å². The minimum atomic E-state index is -0.203. The van der Waals surface area contributed by atoms with Crippen LogP contribution in [0.2, 0.25) is 0 Å². The monoisotopic (exact) mass is 459 g/mol. The highest BCUT2D eigenvalue weighted by atomic mass is 32.1. The molecule has 2 aliphatic rings. The molecule has 2 aromatic carbocycles. The van der Waals surface area contributed by atoms with Gasteiger partial charge in [-0.05, 0) is 24.3 Å². The Labute approximate surface area is 194 Å². The first-order valence-electron chi connectivity index (χ1n) is 10.5. The number of amides is 2. The Morgan fingerprint density at radius 1 is 1.09 bits per heavy atom. The predicted octanol–water partition coefficient (Wildman–Crippen LogP) is 3.15. The number of aromatic nitrogens is 1. The number of amidine groups is 1. The maximum Gasteiger partial charge on any atom is 0.254 e. The molecule has 0 unspecified atom stereocenters. The van der Waals surface area contributed by atoms with Gasteiger partial charge in [-0.15, -0.1) is 11.3 Å². The third-order valence-corrected chi connectivity index (χ3v) is 6.50. The number of anilines is 1. The zero-order valence-corrected chi connectivity index (χ0v) is 18.4. The van der Waals surface area contributed by atoms with Gasteiger partial charge in [0.25, 0.3) is 5.91 Å². The second-order valence-electron chi connectivity index (χ2n) is 7.78. The average Bonchev–Trinajstić information content (AvgIpc) is 3.43. The molecule has 3 N–H and O–H groups in total. The van der Waals surface area contributed by atoms with Gasteiger partial charge in [0.15, 0.2) is 0 Å². The van der Waals surface area contributed by atoms with Gasteiger partial charge in [0.2, 0.25) is 5.91 Å². The van der Waals surface area contributed by atoms with E-state index < -0.39 is 0 Å². The van der Waals surface area contributed by atoms with E-state index in [0.29, 0.717) is 34.9 Å². The van der Waals surface area contributed by atoms with Crippen molar-refractivity contribution in [3.05, 3.63) is 76.3 Å². The van der Waals surface area contributed by atoms with Crippen LogP contribution in [0.3, 0.4) is 0 Å². The lowest BCUT2D eigenvalue weighted by Gasteiger charge is -2.27. The van der Waals surface area contributed by atoms with E-state index in [9.17, 15) is 14.7 Å². The van der Waals surface area contributed by atoms with Crippen molar-refractivity contribution in [1.82, 2.24) is 15.2 Å². The quantitative estimate of drug-likeness (QED) is 0.555. The summed E-state index contributed by atoms with van der Waals surface area (Å²) in [7, 11) is 0. The van der Waals surface area contributed by atoms with E-state index >= 15 is 0 Å². The van der Waals surface area contributed by atoms with E-state index in [1.807, 2.05) is 35.7 Å². The predicted molar refractivity (Wildman–Crippen MR) is 128 cm³/mol. The van der Waals surface area contributed by atoms with Gasteiger partial charge in [-0.25, -0.2) is 4.98 Å². The number of carbonyl (C=O) groups is 2. The number of carbonyl (C=O) groups excluding carboxylic acids is 2. The molecule has 2 amide bonds. The number of nitrogens with one attached hydrogen (secondary N) is 2. The molecule has 0 saturated carbocycles.